The Morgan fingerprint density at radius 3 is 2.50 bits per heavy atom. The van der Waals surface area contributed by atoms with Crippen LogP contribution < -0.4 is 5.32 Å². The summed E-state index contributed by atoms with van der Waals surface area (Å²) >= 11 is 0. The summed E-state index contributed by atoms with van der Waals surface area (Å²) in [5.41, 5.74) is 0. The molecule has 0 saturated carbocycles. The third-order valence-electron chi connectivity index (χ3n) is 2.76. The van der Waals surface area contributed by atoms with Crippen molar-refractivity contribution in [3.05, 3.63) is 0 Å². The molecule has 1 aliphatic heterocycles. The molecule has 2 unspecified atom stereocenters. The highest BCUT2D eigenvalue weighted by Crippen LogP contribution is 2.20. The maximum absolute atomic E-state index is 11.7. The number of aliphatic hydroxyl groups excluding tert-OH is 1. The smallest absolute Gasteiger partial charge is 0.328 e. The normalized spacial score (nSPS) is 28.4. The number of nitrogens with one attached hydrogen (secondary N) is 1. The largest absolute Gasteiger partial charge is 0.480 e. The molecule has 0 aliphatic carbocycles. The van der Waals surface area contributed by atoms with Gasteiger partial charge in [0.2, 0.25) is 5.91 Å². The third kappa shape index (κ3) is 2.93. The number of carboxylic acids is 1. The second-order valence-corrected chi connectivity index (χ2v) is 4.04. The summed E-state index contributed by atoms with van der Waals surface area (Å²) in [6.45, 7) is 3.61. The molecule has 0 aromatic rings. The van der Waals surface area contributed by atoms with Crippen LogP contribution in [0.15, 0.2) is 0 Å². The lowest BCUT2D eigenvalue weighted by atomic mass is 10.0. The molecule has 1 saturated heterocycles. The summed E-state index contributed by atoms with van der Waals surface area (Å²) in [7, 11) is 0. The first kappa shape index (κ1) is 12.9. The maximum Gasteiger partial charge on any atom is 0.328 e. The molecule has 0 bridgehead atoms. The van der Waals surface area contributed by atoms with Crippen molar-refractivity contribution in [2.75, 3.05) is 6.61 Å². The quantitative estimate of drug-likeness (QED) is 0.598. The summed E-state index contributed by atoms with van der Waals surface area (Å²) in [6, 6.07) is -1.26. The number of rotatable bonds is 4. The summed E-state index contributed by atoms with van der Waals surface area (Å²) < 4.78 is 5.22. The predicted molar refractivity (Wildman–Crippen MR) is 54.8 cm³/mol. The molecule has 16 heavy (non-hydrogen) atoms. The van der Waals surface area contributed by atoms with Gasteiger partial charge in [0.25, 0.3) is 0 Å². The number of aliphatic hydroxyl groups is 1. The lowest BCUT2D eigenvalue weighted by molar-refractivity contribution is -0.145. The van der Waals surface area contributed by atoms with Gasteiger partial charge in [-0.1, -0.05) is 0 Å². The van der Waals surface area contributed by atoms with Crippen LogP contribution in [0.25, 0.3) is 0 Å². The molecule has 4 atom stereocenters. The Hall–Kier alpha value is -1.14. The second kappa shape index (κ2) is 5.27. The van der Waals surface area contributed by atoms with E-state index in [0.29, 0.717) is 13.0 Å². The van der Waals surface area contributed by atoms with Crippen molar-refractivity contribution in [3.8, 4) is 0 Å². The highest BCUT2D eigenvalue weighted by atomic mass is 16.5. The monoisotopic (exact) mass is 231 g/mol. The zero-order valence-electron chi connectivity index (χ0n) is 9.34. The van der Waals surface area contributed by atoms with Crippen LogP contribution in [0, 0.1) is 5.92 Å². The minimum absolute atomic E-state index is 0.205. The fourth-order valence-electron chi connectivity index (χ4n) is 1.73. The minimum atomic E-state index is -1.26. The molecule has 1 fully saturated rings. The SMILES string of the molecule is CC1OCCC1C(=O)N[C@H](C(=O)O)[C@@H](C)O. The van der Waals surface area contributed by atoms with Crippen LogP contribution in [0.3, 0.4) is 0 Å². The number of hydrogen-bond donors (Lipinski definition) is 3. The average molecular weight is 231 g/mol. The number of hydrogen-bond acceptors (Lipinski definition) is 4. The van der Waals surface area contributed by atoms with Gasteiger partial charge < -0.3 is 20.3 Å². The van der Waals surface area contributed by atoms with Gasteiger partial charge in [0, 0.05) is 6.61 Å². The number of aliphatic carboxylic acids is 1. The van der Waals surface area contributed by atoms with Crippen LogP contribution in [0.5, 0.6) is 0 Å². The van der Waals surface area contributed by atoms with Gasteiger partial charge in [-0.25, -0.2) is 4.79 Å². The second-order valence-electron chi connectivity index (χ2n) is 4.04. The van der Waals surface area contributed by atoms with E-state index in [9.17, 15) is 14.7 Å². The van der Waals surface area contributed by atoms with Crippen LogP contribution in [0.4, 0.5) is 0 Å². The highest BCUT2D eigenvalue weighted by Gasteiger charge is 2.34. The van der Waals surface area contributed by atoms with E-state index in [2.05, 4.69) is 5.32 Å². The van der Waals surface area contributed by atoms with Crippen molar-refractivity contribution in [3.63, 3.8) is 0 Å². The van der Waals surface area contributed by atoms with Gasteiger partial charge in [0.1, 0.15) is 0 Å². The van der Waals surface area contributed by atoms with E-state index in [-0.39, 0.29) is 17.9 Å². The van der Waals surface area contributed by atoms with E-state index < -0.39 is 18.1 Å². The Morgan fingerprint density at radius 2 is 2.12 bits per heavy atom. The molecule has 6 nitrogen and oxygen atoms in total. The zero-order chi connectivity index (χ0) is 12.3. The zero-order valence-corrected chi connectivity index (χ0v) is 9.34. The van der Waals surface area contributed by atoms with Crippen molar-refractivity contribution >= 4 is 11.9 Å². The Balaban J connectivity index is 2.58. The number of carbonyl (C=O) groups excluding carboxylic acids is 1. The van der Waals surface area contributed by atoms with Gasteiger partial charge in [0.05, 0.1) is 18.1 Å². The standard InChI is InChI=1S/C10H17NO5/c1-5(12)8(10(14)15)11-9(13)7-3-4-16-6(7)2/h5-8,12H,3-4H2,1-2H3,(H,11,13)(H,14,15)/t5-,6?,7?,8+/m1/s1. The van der Waals surface area contributed by atoms with Gasteiger partial charge in [-0.3, -0.25) is 4.79 Å². The molecule has 1 aliphatic rings. The van der Waals surface area contributed by atoms with Crippen molar-refractivity contribution < 1.29 is 24.5 Å². The van der Waals surface area contributed by atoms with Crippen LogP contribution in [-0.4, -0.2) is 46.9 Å². The fourth-order valence-corrected chi connectivity index (χ4v) is 1.73. The molecule has 0 aromatic heterocycles. The van der Waals surface area contributed by atoms with Crippen molar-refractivity contribution in [2.45, 2.75) is 38.5 Å². The lowest BCUT2D eigenvalue weighted by Gasteiger charge is -2.20. The molecule has 1 amide bonds. The van der Waals surface area contributed by atoms with Crippen LogP contribution in [0.1, 0.15) is 20.3 Å². The number of amides is 1. The van der Waals surface area contributed by atoms with E-state index in [0.717, 1.165) is 0 Å². The van der Waals surface area contributed by atoms with E-state index in [1.165, 1.54) is 6.92 Å². The average Bonchev–Trinajstić information content (AvgIpc) is 2.59. The predicted octanol–water partition coefficient (Wildman–Crippen LogP) is -0.638. The van der Waals surface area contributed by atoms with Gasteiger partial charge >= 0.3 is 5.97 Å². The van der Waals surface area contributed by atoms with Gasteiger partial charge in [0.15, 0.2) is 6.04 Å². The van der Waals surface area contributed by atoms with E-state index >= 15 is 0 Å². The summed E-state index contributed by atoms with van der Waals surface area (Å²) in [4.78, 5) is 22.5. The Morgan fingerprint density at radius 1 is 1.50 bits per heavy atom. The highest BCUT2D eigenvalue weighted by molar-refractivity contribution is 5.85. The van der Waals surface area contributed by atoms with Crippen LogP contribution in [-0.2, 0) is 14.3 Å². The van der Waals surface area contributed by atoms with Gasteiger partial charge in [-0.15, -0.1) is 0 Å². The molecular weight excluding hydrogens is 214 g/mol. The molecule has 0 radical (unpaired) electrons. The molecule has 3 N–H and O–H groups in total. The first-order valence-electron chi connectivity index (χ1n) is 5.26. The van der Waals surface area contributed by atoms with Gasteiger partial charge in [-0.05, 0) is 20.3 Å². The van der Waals surface area contributed by atoms with Crippen LogP contribution >= 0.6 is 0 Å². The van der Waals surface area contributed by atoms with Crippen LogP contribution in [0.2, 0.25) is 0 Å². The summed E-state index contributed by atoms with van der Waals surface area (Å²) in [5, 5.41) is 20.3. The molecule has 92 valence electrons. The summed E-state index contributed by atoms with van der Waals surface area (Å²) in [6.07, 6.45) is -0.749. The molecule has 0 spiro atoms. The first-order chi connectivity index (χ1) is 7.43. The third-order valence-corrected chi connectivity index (χ3v) is 2.76. The first-order valence-corrected chi connectivity index (χ1v) is 5.26. The van der Waals surface area contributed by atoms with Crippen molar-refractivity contribution in [2.24, 2.45) is 5.92 Å². The maximum atomic E-state index is 11.7. The minimum Gasteiger partial charge on any atom is -0.480 e. The fraction of sp³-hybridized carbons (Fsp3) is 0.800. The number of ether oxygens (including phenoxy) is 1. The summed E-state index contributed by atoms with van der Waals surface area (Å²) in [5.74, 6) is -1.95. The Bertz CT molecular complexity index is 278. The van der Waals surface area contributed by atoms with Crippen molar-refractivity contribution in [1.29, 1.82) is 0 Å². The number of carboxylic acid groups (broad SMARTS) is 1. The topological polar surface area (TPSA) is 95.9 Å². The van der Waals surface area contributed by atoms with E-state index in [4.69, 9.17) is 9.84 Å². The number of carbonyl (C=O) groups is 2. The van der Waals surface area contributed by atoms with E-state index in [1.807, 2.05) is 0 Å². The molecule has 1 heterocycles. The molecule has 6 heteroatoms. The molecular formula is C10H17NO5. The molecule has 1 rings (SSSR count). The van der Waals surface area contributed by atoms with E-state index in [1.54, 1.807) is 6.92 Å². The van der Waals surface area contributed by atoms with Crippen molar-refractivity contribution in [1.82, 2.24) is 5.32 Å². The van der Waals surface area contributed by atoms with Gasteiger partial charge in [-0.2, -0.15) is 0 Å². The Labute approximate surface area is 93.6 Å². The molecule has 0 aromatic carbocycles. The lowest BCUT2D eigenvalue weighted by Crippen LogP contribution is -2.50. The Kier molecular flexibility index (Phi) is 4.26.